The Kier molecular flexibility index (Phi) is 28.3. The van der Waals surface area contributed by atoms with Crippen molar-refractivity contribution in [1.82, 2.24) is 0 Å². The summed E-state index contributed by atoms with van der Waals surface area (Å²) in [7, 11) is 0. The smallest absolute Gasteiger partial charge is 0.306 e. The van der Waals surface area contributed by atoms with Gasteiger partial charge in [0, 0.05) is 12.8 Å². The fraction of sp³-hybridized carbons (Fsp3) is 0.765. The third-order valence-corrected chi connectivity index (χ3v) is 6.80. The molecule has 0 saturated heterocycles. The maximum absolute atomic E-state index is 12.4. The second kappa shape index (κ2) is 29.7. The van der Waals surface area contributed by atoms with Crippen molar-refractivity contribution in [2.45, 2.75) is 168 Å². The van der Waals surface area contributed by atoms with Crippen LogP contribution in [-0.2, 0) is 14.3 Å². The Bertz CT molecular complexity index is 620. The zero-order valence-corrected chi connectivity index (χ0v) is 25.0. The van der Waals surface area contributed by atoms with Gasteiger partial charge < -0.3 is 9.84 Å². The maximum atomic E-state index is 12.4. The summed E-state index contributed by atoms with van der Waals surface area (Å²) in [6.07, 6.45) is 37.4. The van der Waals surface area contributed by atoms with Gasteiger partial charge in [-0.1, -0.05) is 115 Å². The predicted molar refractivity (Wildman–Crippen MR) is 162 cm³/mol. The van der Waals surface area contributed by atoms with Gasteiger partial charge in [0.05, 0.1) is 0 Å². The summed E-state index contributed by atoms with van der Waals surface area (Å²) >= 11 is 0. The largest absolute Gasteiger partial charge is 0.481 e. The molecule has 0 aromatic carbocycles. The highest BCUT2D eigenvalue weighted by atomic mass is 16.5. The van der Waals surface area contributed by atoms with Crippen LogP contribution in [0.3, 0.4) is 0 Å². The van der Waals surface area contributed by atoms with E-state index in [2.05, 4.69) is 44.2 Å². The molecule has 0 aromatic rings. The molecule has 0 spiro atoms. The van der Waals surface area contributed by atoms with Crippen LogP contribution in [0.25, 0.3) is 0 Å². The van der Waals surface area contributed by atoms with Crippen LogP contribution in [0.15, 0.2) is 36.5 Å². The molecule has 0 radical (unpaired) electrons. The minimum Gasteiger partial charge on any atom is -0.481 e. The molecule has 1 unspecified atom stereocenters. The lowest BCUT2D eigenvalue weighted by molar-refractivity contribution is -0.147. The minimum atomic E-state index is -0.730. The highest BCUT2D eigenvalue weighted by Gasteiger charge is 2.11. The van der Waals surface area contributed by atoms with E-state index in [-0.39, 0.29) is 18.5 Å². The van der Waals surface area contributed by atoms with Crippen LogP contribution in [0, 0.1) is 0 Å². The monoisotopic (exact) mass is 532 g/mol. The van der Waals surface area contributed by atoms with Crippen LogP contribution in [0.4, 0.5) is 0 Å². The third kappa shape index (κ3) is 28.7. The lowest BCUT2D eigenvalue weighted by Crippen LogP contribution is -2.16. The zero-order valence-electron chi connectivity index (χ0n) is 25.0. The van der Waals surface area contributed by atoms with E-state index in [0.29, 0.717) is 12.8 Å². The van der Waals surface area contributed by atoms with Crippen LogP contribution < -0.4 is 0 Å². The molecule has 0 fully saturated rings. The first-order valence-corrected chi connectivity index (χ1v) is 16.0. The summed E-state index contributed by atoms with van der Waals surface area (Å²) in [5.41, 5.74) is 0. The zero-order chi connectivity index (χ0) is 27.9. The summed E-state index contributed by atoms with van der Waals surface area (Å²) < 4.78 is 5.79. The normalized spacial score (nSPS) is 12.7. The van der Waals surface area contributed by atoms with E-state index in [1.165, 1.54) is 70.6 Å². The van der Waals surface area contributed by atoms with E-state index in [1.807, 2.05) is 6.08 Å². The molecule has 0 bridgehead atoms. The van der Waals surface area contributed by atoms with Gasteiger partial charge in [-0.3, -0.25) is 9.59 Å². The molecule has 0 aliphatic carbocycles. The van der Waals surface area contributed by atoms with Gasteiger partial charge in [-0.15, -0.1) is 0 Å². The topological polar surface area (TPSA) is 63.6 Å². The van der Waals surface area contributed by atoms with Crippen LogP contribution in [0.2, 0.25) is 0 Å². The van der Waals surface area contributed by atoms with E-state index < -0.39 is 5.97 Å². The van der Waals surface area contributed by atoms with E-state index >= 15 is 0 Å². The Morgan fingerprint density at radius 2 is 1.16 bits per heavy atom. The summed E-state index contributed by atoms with van der Waals surface area (Å²) in [5.74, 6) is -0.823. The number of ether oxygens (including phenoxy) is 1. The van der Waals surface area contributed by atoms with Crippen molar-refractivity contribution in [2.75, 3.05) is 0 Å². The van der Waals surface area contributed by atoms with Crippen molar-refractivity contribution in [1.29, 1.82) is 0 Å². The van der Waals surface area contributed by atoms with E-state index in [0.717, 1.165) is 57.8 Å². The molecule has 1 atom stereocenters. The number of carbonyl (C=O) groups is 2. The first kappa shape index (κ1) is 36.2. The molecular formula is C34H60O4. The van der Waals surface area contributed by atoms with Gasteiger partial charge in [0.1, 0.15) is 6.10 Å². The van der Waals surface area contributed by atoms with Crippen molar-refractivity contribution in [3.8, 4) is 0 Å². The van der Waals surface area contributed by atoms with Crippen LogP contribution >= 0.6 is 0 Å². The lowest BCUT2D eigenvalue weighted by atomic mass is 10.1. The average molecular weight is 533 g/mol. The summed E-state index contributed by atoms with van der Waals surface area (Å²) in [4.78, 5) is 23.1. The molecule has 38 heavy (non-hydrogen) atoms. The predicted octanol–water partition coefficient (Wildman–Crippen LogP) is 10.7. The lowest BCUT2D eigenvalue weighted by Gasteiger charge is -2.14. The molecule has 0 heterocycles. The number of rotatable bonds is 28. The Labute approximate surface area is 235 Å². The highest BCUT2D eigenvalue weighted by Crippen LogP contribution is 2.14. The summed E-state index contributed by atoms with van der Waals surface area (Å²) in [5, 5.41) is 8.76. The van der Waals surface area contributed by atoms with Crippen molar-refractivity contribution in [3.05, 3.63) is 36.5 Å². The van der Waals surface area contributed by atoms with Crippen LogP contribution in [0.5, 0.6) is 0 Å². The van der Waals surface area contributed by atoms with Gasteiger partial charge in [-0.2, -0.15) is 0 Å². The highest BCUT2D eigenvalue weighted by molar-refractivity contribution is 5.69. The molecular weight excluding hydrogens is 472 g/mol. The van der Waals surface area contributed by atoms with Crippen molar-refractivity contribution in [2.24, 2.45) is 0 Å². The number of unbranched alkanes of at least 4 members (excludes halogenated alkanes) is 15. The Morgan fingerprint density at radius 3 is 1.79 bits per heavy atom. The quantitative estimate of drug-likeness (QED) is 0.0618. The summed E-state index contributed by atoms with van der Waals surface area (Å²) in [6.45, 7) is 4.43. The molecule has 0 aliphatic rings. The molecule has 0 aliphatic heterocycles. The molecule has 0 saturated carbocycles. The number of carboxylic acid groups (broad SMARTS) is 1. The number of hydrogen-bond acceptors (Lipinski definition) is 3. The first-order valence-electron chi connectivity index (χ1n) is 16.0. The fourth-order valence-corrected chi connectivity index (χ4v) is 4.43. The van der Waals surface area contributed by atoms with Crippen molar-refractivity contribution in [3.63, 3.8) is 0 Å². The van der Waals surface area contributed by atoms with Crippen molar-refractivity contribution < 1.29 is 19.4 Å². The number of hydrogen-bond donors (Lipinski definition) is 1. The molecule has 4 heteroatoms. The van der Waals surface area contributed by atoms with Gasteiger partial charge in [0.15, 0.2) is 0 Å². The maximum Gasteiger partial charge on any atom is 0.306 e. The average Bonchev–Trinajstić information content (AvgIpc) is 2.89. The van der Waals surface area contributed by atoms with Gasteiger partial charge >= 0.3 is 11.9 Å². The molecule has 0 amide bonds. The van der Waals surface area contributed by atoms with E-state index in [9.17, 15) is 9.59 Å². The third-order valence-electron chi connectivity index (χ3n) is 6.80. The van der Waals surface area contributed by atoms with E-state index in [1.54, 1.807) is 0 Å². The standard InChI is InChI=1S/C34H60O4/c1-3-5-7-9-11-12-13-14-15-16-17-18-19-21-27-31-34(37)38-32(28-24-20-10-8-6-4-2)29-25-22-23-26-30-33(35)36/h8,10,14-15,24,28,32H,3-7,9,11-13,16-23,25-27,29-31H2,1-2H3,(H,35,36)/b10-8-,15-14-,28-24-. The molecule has 1 N–H and O–H groups in total. The van der Waals surface area contributed by atoms with Crippen LogP contribution in [-0.4, -0.2) is 23.1 Å². The molecule has 0 rings (SSSR count). The molecule has 220 valence electrons. The van der Waals surface area contributed by atoms with Crippen molar-refractivity contribution >= 4 is 11.9 Å². The minimum absolute atomic E-state index is 0.0929. The number of aliphatic carboxylic acids is 1. The second-order valence-electron chi connectivity index (χ2n) is 10.6. The fourth-order valence-electron chi connectivity index (χ4n) is 4.43. The number of carboxylic acids is 1. The van der Waals surface area contributed by atoms with Gasteiger partial charge in [0.25, 0.3) is 0 Å². The number of esters is 1. The van der Waals surface area contributed by atoms with Gasteiger partial charge in [0.2, 0.25) is 0 Å². The Hall–Kier alpha value is -1.84. The Balaban J connectivity index is 3.99. The summed E-state index contributed by atoms with van der Waals surface area (Å²) in [6, 6.07) is 0. The van der Waals surface area contributed by atoms with Crippen LogP contribution in [0.1, 0.15) is 162 Å². The Morgan fingerprint density at radius 1 is 0.605 bits per heavy atom. The molecule has 4 nitrogen and oxygen atoms in total. The van der Waals surface area contributed by atoms with E-state index in [4.69, 9.17) is 9.84 Å². The SMILES string of the molecule is CCC/C=C\C/C=C\C(CCCCCCC(=O)O)OC(=O)CCCCCCC/C=C\CCCCCCCC. The first-order chi connectivity index (χ1) is 18.6. The number of carbonyl (C=O) groups excluding carboxylic acids is 1. The van der Waals surface area contributed by atoms with Gasteiger partial charge in [-0.25, -0.2) is 0 Å². The number of allylic oxidation sites excluding steroid dienone is 5. The second-order valence-corrected chi connectivity index (χ2v) is 10.6. The molecule has 0 aromatic heterocycles. The van der Waals surface area contributed by atoms with Gasteiger partial charge in [-0.05, 0) is 70.3 Å².